The molecule has 4 rings (SSSR count). The maximum absolute atomic E-state index is 12.0. The van der Waals surface area contributed by atoms with E-state index < -0.39 is 5.69 Å². The van der Waals surface area contributed by atoms with E-state index in [2.05, 4.69) is 144 Å². The fourth-order valence-electron chi connectivity index (χ4n) is 5.09. The van der Waals surface area contributed by atoms with Crippen molar-refractivity contribution >= 4 is 106 Å². The second-order valence-electron chi connectivity index (χ2n) is 10.1. The molecule has 0 radical (unpaired) electrons. The molecule has 43 heavy (non-hydrogen) atoms. The molecule has 2 aliphatic rings. The van der Waals surface area contributed by atoms with Gasteiger partial charge in [0.1, 0.15) is 12.5 Å². The zero-order valence-electron chi connectivity index (χ0n) is 24.4. The van der Waals surface area contributed by atoms with Crippen LogP contribution in [-0.4, -0.2) is 36.6 Å². The number of nitrogens with zero attached hydrogens (tertiary/aromatic N) is 2. The SMILES string of the molecule is CCC1OC(n2cc(C(Br)CBr)c(=O)[nH]c2=O)CC1C.CCc1cn(C2CC(C)C(CC)O2)c(=O)[nH]c1=O.II.I[I-]I. The molecule has 7 atom stereocenters. The van der Waals surface area contributed by atoms with Crippen molar-refractivity contribution in [1.29, 1.82) is 0 Å². The van der Waals surface area contributed by atoms with Crippen LogP contribution >= 0.6 is 106 Å². The summed E-state index contributed by atoms with van der Waals surface area (Å²) in [6.07, 6.45) is 7.12. The van der Waals surface area contributed by atoms with Gasteiger partial charge in [-0.3, -0.25) is 28.7 Å². The summed E-state index contributed by atoms with van der Waals surface area (Å²) in [5.74, 6) is 0.840. The third-order valence-corrected chi connectivity index (χ3v) is 9.73. The van der Waals surface area contributed by atoms with E-state index in [4.69, 9.17) is 9.47 Å². The Labute approximate surface area is 322 Å². The summed E-state index contributed by atoms with van der Waals surface area (Å²) in [4.78, 5) is 51.7. The summed E-state index contributed by atoms with van der Waals surface area (Å²) in [5, 5.41) is 0.591. The molecule has 4 heterocycles. The van der Waals surface area contributed by atoms with Gasteiger partial charge in [0.25, 0.3) is 11.1 Å². The second kappa shape index (κ2) is 22.5. The van der Waals surface area contributed by atoms with E-state index in [0.29, 0.717) is 48.0 Å². The third kappa shape index (κ3) is 12.7. The number of aromatic amines is 2. The van der Waals surface area contributed by atoms with Crippen LogP contribution in [0.3, 0.4) is 0 Å². The Morgan fingerprint density at radius 3 is 1.67 bits per heavy atom. The van der Waals surface area contributed by atoms with Crippen molar-refractivity contribution in [2.45, 2.75) is 96.2 Å². The number of alkyl halides is 2. The normalized spacial score (nSPS) is 25.1. The second-order valence-corrected chi connectivity index (χ2v) is 28.1. The van der Waals surface area contributed by atoms with E-state index in [9.17, 15) is 19.2 Å². The van der Waals surface area contributed by atoms with Crippen molar-refractivity contribution in [3.05, 3.63) is 65.2 Å². The summed E-state index contributed by atoms with van der Waals surface area (Å²) in [7, 11) is 0. The molecule has 2 aromatic rings. The van der Waals surface area contributed by atoms with Gasteiger partial charge in [0, 0.05) is 66.1 Å². The number of hydrogen-bond acceptors (Lipinski definition) is 6. The summed E-state index contributed by atoms with van der Waals surface area (Å²) < 4.78 is 14.8. The monoisotopic (exact) mass is 1290 g/mol. The molecule has 0 aliphatic carbocycles. The minimum absolute atomic E-state index is 0.140. The van der Waals surface area contributed by atoms with Crippen molar-refractivity contribution in [3.63, 3.8) is 0 Å². The Balaban J connectivity index is 0.000000376. The molecule has 0 saturated carbocycles. The van der Waals surface area contributed by atoms with Gasteiger partial charge >= 0.3 is 61.9 Å². The Morgan fingerprint density at radius 2 is 1.30 bits per heavy atom. The first kappa shape index (κ1) is 42.9. The molecule has 7 unspecified atom stereocenters. The van der Waals surface area contributed by atoms with Gasteiger partial charge in [0.15, 0.2) is 0 Å². The van der Waals surface area contributed by atoms with Gasteiger partial charge in [-0.15, -0.1) is 0 Å². The first-order valence-electron chi connectivity index (χ1n) is 13.7. The van der Waals surface area contributed by atoms with Crippen LogP contribution in [0.25, 0.3) is 0 Å². The van der Waals surface area contributed by atoms with Gasteiger partial charge in [-0.05, 0) is 43.9 Å². The van der Waals surface area contributed by atoms with Gasteiger partial charge < -0.3 is 9.47 Å². The summed E-state index contributed by atoms with van der Waals surface area (Å²) in [6.45, 7) is 10.3. The molecular weight excluding hydrogens is 1260 g/mol. The molecule has 0 bridgehead atoms. The molecule has 2 N–H and O–H groups in total. The van der Waals surface area contributed by atoms with Crippen molar-refractivity contribution in [3.8, 4) is 0 Å². The molecule has 2 aliphatic heterocycles. The van der Waals surface area contributed by atoms with Gasteiger partial charge in [-0.1, -0.05) is 66.5 Å². The molecule has 10 nitrogen and oxygen atoms in total. The summed E-state index contributed by atoms with van der Waals surface area (Å²) >= 11 is 16.3. The van der Waals surface area contributed by atoms with Crippen LogP contribution in [0.15, 0.2) is 31.6 Å². The number of nitrogens with one attached hydrogen (secondary N) is 2. The standard InChI is InChI=1S/C13H18Br2N2O3.C13H20N2O3.I3.I2/c1-3-10-7(2)4-11(20-10)17-6-8(9(15)5-14)12(18)16-13(17)19;1-4-9-7-15(13(17)14-12(9)16)11-6-8(3)10(5-2)18-11;1-3-2;1-2/h6-7,9-11H,3-5H2,1-2H3,(H,16,18,19);7-8,10-11H,4-6H2,1-3H3,(H,14,16,17);;/q;;-1;. The molecule has 0 spiro atoms. The Hall–Kier alpha value is 1.89. The van der Waals surface area contributed by atoms with Crippen LogP contribution in [0.5, 0.6) is 0 Å². The molecule has 2 fully saturated rings. The van der Waals surface area contributed by atoms with Crippen LogP contribution in [0.2, 0.25) is 0 Å². The number of halogens is 7. The van der Waals surface area contributed by atoms with E-state index in [1.807, 2.05) is 6.92 Å². The minimum atomic E-state index is -0.415. The molecular formula is C26H38Br2I5N4O6-. The number of aryl methyl sites for hydroxylation is 1. The van der Waals surface area contributed by atoms with E-state index >= 15 is 0 Å². The molecule has 0 amide bonds. The number of H-pyrrole nitrogens is 2. The van der Waals surface area contributed by atoms with Gasteiger partial charge in [0.05, 0.1) is 17.0 Å². The van der Waals surface area contributed by atoms with Gasteiger partial charge in [-0.2, -0.15) is 0 Å². The zero-order valence-corrected chi connectivity index (χ0v) is 38.4. The van der Waals surface area contributed by atoms with E-state index in [0.717, 1.165) is 25.7 Å². The van der Waals surface area contributed by atoms with Gasteiger partial charge in [-0.25, -0.2) is 9.59 Å². The Kier molecular flexibility index (Phi) is 22.5. The number of aromatic nitrogens is 4. The molecule has 248 valence electrons. The van der Waals surface area contributed by atoms with Crippen LogP contribution in [0, 0.1) is 11.8 Å². The maximum atomic E-state index is 12.0. The fourth-order valence-corrected chi connectivity index (χ4v) is 5.77. The van der Waals surface area contributed by atoms with Crippen molar-refractivity contribution in [2.24, 2.45) is 11.8 Å². The first-order valence-corrected chi connectivity index (χ1v) is 34.6. The van der Waals surface area contributed by atoms with Gasteiger partial charge in [0.2, 0.25) is 0 Å². The Morgan fingerprint density at radius 1 is 0.884 bits per heavy atom. The topological polar surface area (TPSA) is 128 Å². The molecule has 2 aromatic heterocycles. The van der Waals surface area contributed by atoms with E-state index in [1.165, 1.54) is 9.13 Å². The van der Waals surface area contributed by atoms with Crippen molar-refractivity contribution < 1.29 is 22.7 Å². The van der Waals surface area contributed by atoms with Crippen LogP contribution < -0.4 is 35.8 Å². The number of hydrogen-bond donors (Lipinski definition) is 2. The predicted molar refractivity (Wildman–Crippen MR) is 210 cm³/mol. The molecule has 2 saturated heterocycles. The molecule has 0 aromatic carbocycles. The number of rotatable bonds is 7. The van der Waals surface area contributed by atoms with Crippen molar-refractivity contribution in [2.75, 3.05) is 5.33 Å². The van der Waals surface area contributed by atoms with Crippen LogP contribution in [-0.2, 0) is 15.9 Å². The first-order chi connectivity index (χ1) is 20.4. The average molecular weight is 1300 g/mol. The van der Waals surface area contributed by atoms with E-state index in [-0.39, 0.29) is 46.3 Å². The zero-order chi connectivity index (χ0) is 32.9. The van der Waals surface area contributed by atoms with Crippen molar-refractivity contribution in [1.82, 2.24) is 19.1 Å². The third-order valence-electron chi connectivity index (χ3n) is 7.40. The Bertz CT molecular complexity index is 1360. The van der Waals surface area contributed by atoms with Crippen LogP contribution in [0.4, 0.5) is 0 Å². The number of ether oxygens (including phenoxy) is 2. The van der Waals surface area contributed by atoms with E-state index in [1.54, 1.807) is 12.4 Å². The average Bonchev–Trinajstić information content (AvgIpc) is 3.55. The summed E-state index contributed by atoms with van der Waals surface area (Å²) in [5.41, 5.74) is -0.306. The summed E-state index contributed by atoms with van der Waals surface area (Å²) in [6, 6.07) is 0. The predicted octanol–water partition coefficient (Wildman–Crippen LogP) is 4.68. The quantitative estimate of drug-likeness (QED) is 0.307. The van der Waals surface area contributed by atoms with Crippen LogP contribution in [0.1, 0.15) is 88.7 Å². The fraction of sp³-hybridized carbons (Fsp3) is 0.692. The molecule has 17 heteroatoms.